The number of benzene rings is 1. The van der Waals surface area contributed by atoms with Crippen LogP contribution in [0, 0.1) is 5.92 Å². The van der Waals surface area contributed by atoms with Crippen LogP contribution in [0.3, 0.4) is 0 Å². The van der Waals surface area contributed by atoms with Gasteiger partial charge < -0.3 is 10.5 Å². The molecule has 0 aromatic heterocycles. The smallest absolute Gasteiger partial charge is 0.140 e. The van der Waals surface area contributed by atoms with Gasteiger partial charge in [0.15, 0.2) is 0 Å². The molecule has 1 heterocycles. The van der Waals surface area contributed by atoms with Crippen LogP contribution >= 0.6 is 0 Å². The fourth-order valence-electron chi connectivity index (χ4n) is 2.00. The molecule has 1 aromatic rings. The number of Topliss-reactive ketones (excluding diaryl/α,β-unsaturated/α-hetero) is 1. The van der Waals surface area contributed by atoms with Crippen molar-refractivity contribution in [2.75, 3.05) is 13.2 Å². The minimum atomic E-state index is -0.108. The molecule has 0 saturated carbocycles. The van der Waals surface area contributed by atoms with Crippen molar-refractivity contribution in [1.29, 1.82) is 0 Å². The van der Waals surface area contributed by atoms with Crippen LogP contribution in [0.4, 0.5) is 0 Å². The summed E-state index contributed by atoms with van der Waals surface area (Å²) in [5.74, 6) is 0.137. The molecule has 86 valence electrons. The van der Waals surface area contributed by atoms with Crippen molar-refractivity contribution >= 4 is 5.78 Å². The number of hydrogen-bond donors (Lipinski definition) is 1. The molecule has 0 amide bonds. The topological polar surface area (TPSA) is 52.3 Å². The maximum absolute atomic E-state index is 11.9. The molecule has 2 atom stereocenters. The summed E-state index contributed by atoms with van der Waals surface area (Å²) in [7, 11) is 0. The molecule has 3 heteroatoms. The summed E-state index contributed by atoms with van der Waals surface area (Å²) in [4.78, 5) is 11.9. The van der Waals surface area contributed by atoms with E-state index in [0.29, 0.717) is 19.6 Å². The molecule has 1 aromatic carbocycles. The van der Waals surface area contributed by atoms with Gasteiger partial charge in [-0.15, -0.1) is 0 Å². The zero-order valence-corrected chi connectivity index (χ0v) is 9.26. The molecule has 1 aliphatic heterocycles. The molecule has 0 radical (unpaired) electrons. The normalized spacial score (nSPS) is 24.6. The van der Waals surface area contributed by atoms with Gasteiger partial charge >= 0.3 is 0 Å². The van der Waals surface area contributed by atoms with Crippen LogP contribution in [-0.2, 0) is 16.0 Å². The average molecular weight is 219 g/mol. The van der Waals surface area contributed by atoms with E-state index in [0.717, 1.165) is 6.42 Å². The average Bonchev–Trinajstić information content (AvgIpc) is 2.74. The highest BCUT2D eigenvalue weighted by atomic mass is 16.5. The number of carbonyl (C=O) groups excluding carboxylic acids is 1. The van der Waals surface area contributed by atoms with Gasteiger partial charge in [-0.1, -0.05) is 30.3 Å². The maximum atomic E-state index is 11.9. The summed E-state index contributed by atoms with van der Waals surface area (Å²) in [6, 6.07) is 9.93. The Kier molecular flexibility index (Phi) is 3.70. The third-order valence-corrected chi connectivity index (χ3v) is 3.04. The van der Waals surface area contributed by atoms with Gasteiger partial charge in [0.05, 0.1) is 19.1 Å². The standard InChI is InChI=1S/C13H17NO2/c14-12-9-16-8-11(12)13(15)7-6-10-4-2-1-3-5-10/h1-5,11-12H,6-9,14H2. The third-order valence-electron chi connectivity index (χ3n) is 3.04. The second-order valence-electron chi connectivity index (χ2n) is 4.26. The van der Waals surface area contributed by atoms with E-state index in [-0.39, 0.29) is 17.7 Å². The monoisotopic (exact) mass is 219 g/mol. The Balaban J connectivity index is 1.84. The zero-order chi connectivity index (χ0) is 11.4. The second kappa shape index (κ2) is 5.23. The molecule has 1 fully saturated rings. The van der Waals surface area contributed by atoms with E-state index < -0.39 is 0 Å². The molecule has 2 rings (SSSR count). The number of nitrogens with two attached hydrogens (primary N) is 1. The molecule has 0 aliphatic carbocycles. The molecule has 1 saturated heterocycles. The lowest BCUT2D eigenvalue weighted by Crippen LogP contribution is -2.34. The first kappa shape index (κ1) is 11.3. The van der Waals surface area contributed by atoms with Gasteiger partial charge in [-0.2, -0.15) is 0 Å². The van der Waals surface area contributed by atoms with Crippen molar-refractivity contribution in [2.45, 2.75) is 18.9 Å². The Morgan fingerprint density at radius 1 is 1.31 bits per heavy atom. The first-order chi connectivity index (χ1) is 7.77. The number of aryl methyl sites for hydroxylation is 1. The lowest BCUT2D eigenvalue weighted by molar-refractivity contribution is -0.123. The Hall–Kier alpha value is -1.19. The number of ether oxygens (including phenoxy) is 1. The number of carbonyl (C=O) groups is 1. The van der Waals surface area contributed by atoms with Crippen molar-refractivity contribution in [3.63, 3.8) is 0 Å². The molecule has 3 nitrogen and oxygen atoms in total. The van der Waals surface area contributed by atoms with E-state index in [1.807, 2.05) is 30.3 Å². The van der Waals surface area contributed by atoms with E-state index in [2.05, 4.69) is 0 Å². The SMILES string of the molecule is NC1COCC1C(=O)CCc1ccccc1. The largest absolute Gasteiger partial charge is 0.379 e. The van der Waals surface area contributed by atoms with Crippen LogP contribution in [0.15, 0.2) is 30.3 Å². The number of ketones is 1. The summed E-state index contributed by atoms with van der Waals surface area (Å²) < 4.78 is 5.20. The summed E-state index contributed by atoms with van der Waals surface area (Å²) >= 11 is 0. The van der Waals surface area contributed by atoms with Gasteiger partial charge in [0, 0.05) is 12.5 Å². The van der Waals surface area contributed by atoms with Crippen LogP contribution in [0.25, 0.3) is 0 Å². The van der Waals surface area contributed by atoms with Gasteiger partial charge in [-0.3, -0.25) is 4.79 Å². The Labute approximate surface area is 95.6 Å². The molecule has 2 unspecified atom stereocenters. The van der Waals surface area contributed by atoms with E-state index in [1.54, 1.807) is 0 Å². The molecular formula is C13H17NO2. The summed E-state index contributed by atoms with van der Waals surface area (Å²) in [5, 5.41) is 0. The predicted molar refractivity (Wildman–Crippen MR) is 62.1 cm³/mol. The first-order valence-corrected chi connectivity index (χ1v) is 5.67. The van der Waals surface area contributed by atoms with Crippen LogP contribution < -0.4 is 5.73 Å². The van der Waals surface area contributed by atoms with E-state index >= 15 is 0 Å². The first-order valence-electron chi connectivity index (χ1n) is 5.67. The Bertz CT molecular complexity index is 350. The molecule has 2 N–H and O–H groups in total. The minimum absolute atomic E-state index is 0.0938. The van der Waals surface area contributed by atoms with Crippen LogP contribution in [0.1, 0.15) is 12.0 Å². The summed E-state index contributed by atoms with van der Waals surface area (Å²) in [6.45, 7) is 1.01. The predicted octanol–water partition coefficient (Wildman–Crippen LogP) is 1.16. The Morgan fingerprint density at radius 3 is 2.69 bits per heavy atom. The van der Waals surface area contributed by atoms with Crippen molar-refractivity contribution in [3.8, 4) is 0 Å². The summed E-state index contributed by atoms with van der Waals surface area (Å²) in [5.41, 5.74) is 7.00. The summed E-state index contributed by atoms with van der Waals surface area (Å²) in [6.07, 6.45) is 1.36. The number of hydrogen-bond acceptors (Lipinski definition) is 3. The van der Waals surface area contributed by atoms with Gasteiger partial charge in [0.1, 0.15) is 5.78 Å². The third kappa shape index (κ3) is 2.68. The van der Waals surface area contributed by atoms with Crippen molar-refractivity contribution in [3.05, 3.63) is 35.9 Å². The highest BCUT2D eigenvalue weighted by molar-refractivity contribution is 5.82. The minimum Gasteiger partial charge on any atom is -0.379 e. The van der Waals surface area contributed by atoms with E-state index in [9.17, 15) is 4.79 Å². The molecule has 16 heavy (non-hydrogen) atoms. The Morgan fingerprint density at radius 2 is 2.06 bits per heavy atom. The lowest BCUT2D eigenvalue weighted by atomic mass is 9.94. The second-order valence-corrected chi connectivity index (χ2v) is 4.26. The van der Waals surface area contributed by atoms with Crippen molar-refractivity contribution in [1.82, 2.24) is 0 Å². The molecule has 0 spiro atoms. The van der Waals surface area contributed by atoms with Gasteiger partial charge in [0.2, 0.25) is 0 Å². The van der Waals surface area contributed by atoms with Gasteiger partial charge in [-0.05, 0) is 12.0 Å². The maximum Gasteiger partial charge on any atom is 0.140 e. The van der Waals surface area contributed by atoms with Crippen LogP contribution in [0.5, 0.6) is 0 Å². The van der Waals surface area contributed by atoms with E-state index in [1.165, 1.54) is 5.56 Å². The highest BCUT2D eigenvalue weighted by Crippen LogP contribution is 2.15. The molecule has 1 aliphatic rings. The van der Waals surface area contributed by atoms with Gasteiger partial charge in [0.25, 0.3) is 0 Å². The highest BCUT2D eigenvalue weighted by Gasteiger charge is 2.30. The van der Waals surface area contributed by atoms with Crippen LogP contribution in [0.2, 0.25) is 0 Å². The number of rotatable bonds is 4. The fourth-order valence-corrected chi connectivity index (χ4v) is 2.00. The lowest BCUT2D eigenvalue weighted by Gasteiger charge is -2.11. The quantitative estimate of drug-likeness (QED) is 0.826. The molecular weight excluding hydrogens is 202 g/mol. The van der Waals surface area contributed by atoms with Crippen molar-refractivity contribution in [2.24, 2.45) is 11.7 Å². The zero-order valence-electron chi connectivity index (χ0n) is 9.26. The van der Waals surface area contributed by atoms with E-state index in [4.69, 9.17) is 10.5 Å². The molecule has 0 bridgehead atoms. The van der Waals surface area contributed by atoms with Crippen LogP contribution in [-0.4, -0.2) is 25.0 Å². The van der Waals surface area contributed by atoms with Gasteiger partial charge in [-0.25, -0.2) is 0 Å². The van der Waals surface area contributed by atoms with Crippen molar-refractivity contribution < 1.29 is 9.53 Å². The fraction of sp³-hybridized carbons (Fsp3) is 0.462.